The van der Waals surface area contributed by atoms with Crippen molar-refractivity contribution in [2.24, 2.45) is 0 Å². The van der Waals surface area contributed by atoms with Gasteiger partial charge in [0.15, 0.2) is 14.8 Å². The van der Waals surface area contributed by atoms with Gasteiger partial charge in [-0.2, -0.15) is 0 Å². The lowest BCUT2D eigenvalue weighted by molar-refractivity contribution is -0.118. The highest BCUT2D eigenvalue weighted by molar-refractivity contribution is 7.99. The number of aromatic nitrogens is 3. The Morgan fingerprint density at radius 3 is 2.62 bits per heavy atom. The average Bonchev–Trinajstić information content (AvgIpc) is 3.13. The van der Waals surface area contributed by atoms with Crippen LogP contribution < -0.4 is 10.9 Å². The minimum atomic E-state index is -0.191. The number of thioether (sulfide) groups is 1. The number of hydrogen-bond acceptors (Lipinski definition) is 6. The number of amides is 1. The number of fused-ring (bicyclic) bond motifs is 1. The van der Waals surface area contributed by atoms with Gasteiger partial charge in [0.25, 0.3) is 5.56 Å². The Hall–Kier alpha value is -2.46. The third-order valence-electron chi connectivity index (χ3n) is 4.76. The van der Waals surface area contributed by atoms with Crippen molar-refractivity contribution >= 4 is 63.2 Å². The van der Waals surface area contributed by atoms with E-state index in [1.807, 2.05) is 60.0 Å². The largest absolute Gasteiger partial charge is 0.351 e. The summed E-state index contributed by atoms with van der Waals surface area (Å²) in [7, 11) is 0. The summed E-state index contributed by atoms with van der Waals surface area (Å²) in [6.45, 7) is 2.90. The summed E-state index contributed by atoms with van der Waals surface area (Å²) in [6, 6.07) is 16.6. The highest BCUT2D eigenvalue weighted by Gasteiger charge is 2.18. The number of carbonyl (C=O) groups excluding carboxylic acids is 1. The molecule has 0 spiro atoms. The lowest BCUT2D eigenvalue weighted by Crippen LogP contribution is -2.26. The molecule has 164 valence electrons. The van der Waals surface area contributed by atoms with Gasteiger partial charge in [-0.05, 0) is 42.9 Å². The molecule has 2 aromatic heterocycles. The fraction of sp³-hybridized carbons (Fsp3) is 0.182. The summed E-state index contributed by atoms with van der Waals surface area (Å²) in [5.74, 6) is -0.0757. The van der Waals surface area contributed by atoms with E-state index in [4.69, 9.17) is 28.8 Å². The third kappa shape index (κ3) is 4.66. The molecular formula is C22H19ClN4O2S3. The van der Waals surface area contributed by atoms with E-state index in [0.717, 1.165) is 5.56 Å². The summed E-state index contributed by atoms with van der Waals surface area (Å²) >= 11 is 14.1. The number of para-hydroxylation sites is 1. The van der Waals surface area contributed by atoms with Crippen molar-refractivity contribution in [3.05, 3.63) is 79.5 Å². The molecule has 0 saturated heterocycles. The number of aryl methyl sites for hydroxylation is 1. The first-order chi connectivity index (χ1) is 15.5. The maximum Gasteiger partial charge on any atom is 0.278 e. The van der Waals surface area contributed by atoms with Crippen LogP contribution in [0.1, 0.15) is 12.5 Å². The minimum absolute atomic E-state index is 0.103. The predicted octanol–water partition coefficient (Wildman–Crippen LogP) is 5.06. The molecule has 1 N–H and O–H groups in total. The summed E-state index contributed by atoms with van der Waals surface area (Å²) in [4.78, 5) is 30.6. The van der Waals surface area contributed by atoms with Gasteiger partial charge in [-0.15, -0.1) is 0 Å². The van der Waals surface area contributed by atoms with E-state index < -0.39 is 0 Å². The highest BCUT2D eigenvalue weighted by atomic mass is 35.5. The lowest BCUT2D eigenvalue weighted by atomic mass is 10.2. The molecule has 0 radical (unpaired) electrons. The number of hydrogen-bond donors (Lipinski definition) is 1. The number of halogens is 1. The molecule has 0 bridgehead atoms. The van der Waals surface area contributed by atoms with Crippen LogP contribution in [0.2, 0.25) is 5.02 Å². The highest BCUT2D eigenvalue weighted by Crippen LogP contribution is 2.25. The molecule has 32 heavy (non-hydrogen) atoms. The van der Waals surface area contributed by atoms with Crippen molar-refractivity contribution in [2.75, 3.05) is 5.75 Å². The normalized spacial score (nSPS) is 11.1. The van der Waals surface area contributed by atoms with Crippen molar-refractivity contribution in [3.8, 4) is 5.69 Å². The Balaban J connectivity index is 1.65. The van der Waals surface area contributed by atoms with Crippen LogP contribution in [0, 0.1) is 3.95 Å². The van der Waals surface area contributed by atoms with Crippen molar-refractivity contribution in [1.29, 1.82) is 0 Å². The summed E-state index contributed by atoms with van der Waals surface area (Å²) in [5, 5.41) is 3.91. The minimum Gasteiger partial charge on any atom is -0.351 e. The fourth-order valence-corrected chi connectivity index (χ4v) is 5.60. The van der Waals surface area contributed by atoms with E-state index in [1.54, 1.807) is 10.6 Å². The SMILES string of the molecule is CCn1c(=S)sc2c(=O)n(-c3ccccc3)c(SCC(=O)NCc3ccccc3Cl)nc21. The van der Waals surface area contributed by atoms with Gasteiger partial charge < -0.3 is 9.88 Å². The van der Waals surface area contributed by atoms with Gasteiger partial charge in [0, 0.05) is 18.1 Å². The molecule has 1 amide bonds. The number of nitrogens with one attached hydrogen (secondary N) is 1. The molecule has 10 heteroatoms. The van der Waals surface area contributed by atoms with Crippen LogP contribution >= 0.6 is 46.9 Å². The molecule has 0 saturated carbocycles. The van der Waals surface area contributed by atoms with Gasteiger partial charge in [-0.3, -0.25) is 14.2 Å². The van der Waals surface area contributed by atoms with E-state index in [-0.39, 0.29) is 17.2 Å². The van der Waals surface area contributed by atoms with E-state index in [9.17, 15) is 9.59 Å². The van der Waals surface area contributed by atoms with Crippen LogP contribution in [0.3, 0.4) is 0 Å². The molecule has 0 aliphatic carbocycles. The second-order valence-electron chi connectivity index (χ2n) is 6.79. The number of carbonyl (C=O) groups is 1. The maximum absolute atomic E-state index is 13.4. The molecule has 0 aliphatic rings. The first kappa shape index (κ1) is 22.7. The van der Waals surface area contributed by atoms with Crippen LogP contribution in [0.5, 0.6) is 0 Å². The fourth-order valence-electron chi connectivity index (χ4n) is 3.17. The van der Waals surface area contributed by atoms with Crippen LogP contribution in [0.4, 0.5) is 0 Å². The van der Waals surface area contributed by atoms with Gasteiger partial charge in [0.05, 0.1) is 11.4 Å². The van der Waals surface area contributed by atoms with E-state index in [0.29, 0.717) is 43.3 Å². The number of benzene rings is 2. The molecule has 2 heterocycles. The maximum atomic E-state index is 13.4. The zero-order chi connectivity index (χ0) is 22.7. The molecule has 6 nitrogen and oxygen atoms in total. The Kier molecular flexibility index (Phi) is 7.10. The van der Waals surface area contributed by atoms with Gasteiger partial charge in [0.2, 0.25) is 5.91 Å². The molecule has 0 fully saturated rings. The summed E-state index contributed by atoms with van der Waals surface area (Å²) in [6.07, 6.45) is 0. The van der Waals surface area contributed by atoms with Crippen molar-refractivity contribution in [2.45, 2.75) is 25.2 Å². The molecule has 0 aliphatic heterocycles. The van der Waals surface area contributed by atoms with E-state index in [1.165, 1.54) is 23.1 Å². The number of nitrogens with zero attached hydrogens (tertiary/aromatic N) is 3. The summed E-state index contributed by atoms with van der Waals surface area (Å²) < 4.78 is 4.49. The van der Waals surface area contributed by atoms with E-state index >= 15 is 0 Å². The lowest BCUT2D eigenvalue weighted by Gasteiger charge is -2.12. The molecule has 0 unspecified atom stereocenters. The first-order valence-electron chi connectivity index (χ1n) is 9.84. The standard InChI is InChI=1S/C22H19ClN4O2S3/c1-2-26-19-18(32-22(26)30)20(29)27(15-9-4-3-5-10-15)21(25-19)31-13-17(28)24-12-14-8-6-7-11-16(14)23/h3-11H,2,12-13H2,1H3,(H,24,28). The predicted molar refractivity (Wildman–Crippen MR) is 134 cm³/mol. The second kappa shape index (κ2) is 9.99. The molecule has 0 atom stereocenters. The Morgan fingerprint density at radius 1 is 1.19 bits per heavy atom. The van der Waals surface area contributed by atoms with Gasteiger partial charge >= 0.3 is 0 Å². The quantitative estimate of drug-likeness (QED) is 0.217. The van der Waals surface area contributed by atoms with Crippen LogP contribution in [-0.2, 0) is 17.9 Å². The molecular weight excluding hydrogens is 484 g/mol. The first-order valence-corrected chi connectivity index (χ1v) is 12.4. The van der Waals surface area contributed by atoms with Crippen LogP contribution in [0.15, 0.2) is 64.5 Å². The average molecular weight is 503 g/mol. The summed E-state index contributed by atoms with van der Waals surface area (Å²) in [5.41, 5.74) is 1.89. The van der Waals surface area contributed by atoms with Gasteiger partial charge in [-0.1, -0.05) is 71.1 Å². The van der Waals surface area contributed by atoms with Gasteiger partial charge in [-0.25, -0.2) is 4.98 Å². The van der Waals surface area contributed by atoms with Crippen molar-refractivity contribution in [3.63, 3.8) is 0 Å². The van der Waals surface area contributed by atoms with Crippen molar-refractivity contribution in [1.82, 2.24) is 19.4 Å². The van der Waals surface area contributed by atoms with Crippen molar-refractivity contribution < 1.29 is 4.79 Å². The number of rotatable bonds is 7. The van der Waals surface area contributed by atoms with Crippen LogP contribution in [-0.4, -0.2) is 25.8 Å². The Morgan fingerprint density at radius 2 is 1.91 bits per heavy atom. The molecule has 4 aromatic rings. The Bertz CT molecular complexity index is 1400. The van der Waals surface area contributed by atoms with E-state index in [2.05, 4.69) is 5.32 Å². The topological polar surface area (TPSA) is 68.9 Å². The number of thiazole rings is 1. The third-order valence-corrected chi connectivity index (χ3v) is 7.49. The Labute approximate surface area is 202 Å². The van der Waals surface area contributed by atoms with Gasteiger partial charge in [0.1, 0.15) is 4.70 Å². The molecule has 4 rings (SSSR count). The monoisotopic (exact) mass is 502 g/mol. The van der Waals surface area contributed by atoms with Crippen LogP contribution in [0.25, 0.3) is 16.0 Å². The zero-order valence-electron chi connectivity index (χ0n) is 17.1. The smallest absolute Gasteiger partial charge is 0.278 e. The molecule has 2 aromatic carbocycles. The zero-order valence-corrected chi connectivity index (χ0v) is 20.3. The second-order valence-corrected chi connectivity index (χ2v) is 9.79.